The third-order valence-electron chi connectivity index (χ3n) is 3.55. The molecular weight excluding hydrogens is 412 g/mol. The van der Waals surface area contributed by atoms with Crippen molar-refractivity contribution in [3.05, 3.63) is 50.5 Å². The number of hydrogen-bond acceptors (Lipinski definition) is 5. The number of halogens is 2. The van der Waals surface area contributed by atoms with Gasteiger partial charge in [-0.3, -0.25) is 14.2 Å². The molecule has 1 amide bonds. The van der Waals surface area contributed by atoms with Gasteiger partial charge in [-0.15, -0.1) is 0 Å². The van der Waals surface area contributed by atoms with Gasteiger partial charge >= 0.3 is 0 Å². The zero-order valence-corrected chi connectivity index (χ0v) is 15.8. The summed E-state index contributed by atoms with van der Waals surface area (Å²) in [6.45, 7) is 1.99. The molecule has 0 aliphatic heterocycles. The van der Waals surface area contributed by atoms with Crippen molar-refractivity contribution in [2.24, 2.45) is 5.73 Å². The first-order chi connectivity index (χ1) is 11.8. The first-order valence-corrected chi connectivity index (χ1v) is 8.69. The maximum absolute atomic E-state index is 12.4. The second-order valence-electron chi connectivity index (χ2n) is 5.47. The summed E-state index contributed by atoms with van der Waals surface area (Å²) >= 11 is 9.33. The largest absolute Gasteiger partial charge is 0.391 e. The van der Waals surface area contributed by atoms with Gasteiger partial charge < -0.3 is 16.2 Å². The topological polar surface area (TPSA) is 110 Å². The molecule has 4 N–H and O–H groups in total. The quantitative estimate of drug-likeness (QED) is 0.598. The molecule has 2 aromatic rings. The molecular formula is C16H18BrClN4O3. The lowest BCUT2D eigenvalue weighted by Gasteiger charge is -2.13. The van der Waals surface area contributed by atoms with Gasteiger partial charge in [0.1, 0.15) is 6.04 Å². The lowest BCUT2D eigenvalue weighted by atomic mass is 10.2. The predicted octanol–water partition coefficient (Wildman–Crippen LogP) is 1.19. The average Bonchev–Trinajstić information content (AvgIpc) is 2.57. The number of nitrogens with one attached hydrogen (secondary N) is 1. The van der Waals surface area contributed by atoms with Gasteiger partial charge in [-0.05, 0) is 35.0 Å². The van der Waals surface area contributed by atoms with Gasteiger partial charge in [-0.2, -0.15) is 0 Å². The summed E-state index contributed by atoms with van der Waals surface area (Å²) in [5.74, 6) is -0.440. The Morgan fingerprint density at radius 3 is 2.92 bits per heavy atom. The Bertz CT molecular complexity index is 866. The third kappa shape index (κ3) is 4.88. The molecule has 0 unspecified atom stereocenters. The lowest BCUT2D eigenvalue weighted by molar-refractivity contribution is -0.124. The van der Waals surface area contributed by atoms with Crippen LogP contribution in [0, 0.1) is 0 Å². The van der Waals surface area contributed by atoms with Gasteiger partial charge in [0.05, 0.1) is 28.4 Å². The summed E-state index contributed by atoms with van der Waals surface area (Å²) < 4.78 is 2.12. The van der Waals surface area contributed by atoms with E-state index in [1.165, 1.54) is 17.8 Å². The number of hydrogen-bond donors (Lipinski definition) is 3. The van der Waals surface area contributed by atoms with Crippen molar-refractivity contribution in [3.63, 3.8) is 0 Å². The molecule has 0 fully saturated rings. The SMILES string of the molecule is C[C@@H](O)[C@H](N)C(=O)NC/C=C/Cn1cnc2cc(Br)c(Cl)cc2c1=O. The first kappa shape index (κ1) is 19.6. The number of aromatic nitrogens is 2. The minimum atomic E-state index is -0.968. The molecule has 1 heterocycles. The van der Waals surface area contributed by atoms with Gasteiger partial charge in [0.25, 0.3) is 5.56 Å². The van der Waals surface area contributed by atoms with Crippen LogP contribution in [0.3, 0.4) is 0 Å². The molecule has 134 valence electrons. The van der Waals surface area contributed by atoms with E-state index in [2.05, 4.69) is 26.2 Å². The summed E-state index contributed by atoms with van der Waals surface area (Å²) in [4.78, 5) is 28.2. The van der Waals surface area contributed by atoms with Crippen LogP contribution in [0.1, 0.15) is 6.92 Å². The number of fused-ring (bicyclic) bond motifs is 1. The average molecular weight is 430 g/mol. The smallest absolute Gasteiger partial charge is 0.261 e. The highest BCUT2D eigenvalue weighted by molar-refractivity contribution is 9.10. The minimum absolute atomic E-state index is 0.204. The molecule has 0 bridgehead atoms. The Hall–Kier alpha value is -1.74. The number of benzene rings is 1. The van der Waals surface area contributed by atoms with E-state index in [4.69, 9.17) is 17.3 Å². The fraction of sp³-hybridized carbons (Fsp3) is 0.312. The van der Waals surface area contributed by atoms with Crippen molar-refractivity contribution in [2.45, 2.75) is 25.6 Å². The van der Waals surface area contributed by atoms with Crippen molar-refractivity contribution in [1.82, 2.24) is 14.9 Å². The van der Waals surface area contributed by atoms with Crippen LogP contribution in [-0.4, -0.2) is 39.3 Å². The van der Waals surface area contributed by atoms with Gasteiger partial charge in [0, 0.05) is 17.6 Å². The molecule has 0 saturated heterocycles. The second-order valence-corrected chi connectivity index (χ2v) is 6.73. The molecule has 0 spiro atoms. The molecule has 0 saturated carbocycles. The number of aliphatic hydroxyl groups is 1. The lowest BCUT2D eigenvalue weighted by Crippen LogP contribution is -2.47. The fourth-order valence-electron chi connectivity index (χ4n) is 2.05. The van der Waals surface area contributed by atoms with Crippen LogP contribution in [0.25, 0.3) is 10.9 Å². The molecule has 0 aliphatic rings. The van der Waals surface area contributed by atoms with E-state index in [0.717, 1.165) is 0 Å². The Morgan fingerprint density at radius 1 is 1.52 bits per heavy atom. The standard InChI is InChI=1S/C16H18BrClN4O3/c1-9(23)14(19)15(24)20-4-2-3-5-22-8-21-13-7-11(17)12(18)6-10(13)16(22)25/h2-3,6-9,14,23H,4-5,19H2,1H3,(H,20,24)/b3-2+/t9-,14+/m1/s1. The van der Waals surface area contributed by atoms with Crippen LogP contribution in [0.2, 0.25) is 5.02 Å². The Labute approximate surface area is 157 Å². The summed E-state index contributed by atoms with van der Waals surface area (Å²) in [5.41, 5.74) is 5.86. The molecule has 9 heteroatoms. The van der Waals surface area contributed by atoms with E-state index >= 15 is 0 Å². The van der Waals surface area contributed by atoms with Crippen LogP contribution in [0.5, 0.6) is 0 Å². The van der Waals surface area contributed by atoms with E-state index < -0.39 is 18.1 Å². The molecule has 0 aliphatic carbocycles. The molecule has 1 aromatic heterocycles. The predicted molar refractivity (Wildman–Crippen MR) is 101 cm³/mol. The van der Waals surface area contributed by atoms with E-state index in [0.29, 0.717) is 26.9 Å². The Kier molecular flexibility index (Phi) is 6.71. The number of aliphatic hydroxyl groups excluding tert-OH is 1. The molecule has 7 nitrogen and oxygen atoms in total. The number of carbonyl (C=O) groups is 1. The van der Waals surface area contributed by atoms with Gasteiger partial charge in [0.15, 0.2) is 0 Å². The van der Waals surface area contributed by atoms with E-state index in [1.54, 1.807) is 24.3 Å². The van der Waals surface area contributed by atoms with E-state index in [9.17, 15) is 14.7 Å². The van der Waals surface area contributed by atoms with Crippen molar-refractivity contribution >= 4 is 44.3 Å². The number of nitrogens with zero attached hydrogens (tertiary/aromatic N) is 2. The van der Waals surface area contributed by atoms with Crippen molar-refractivity contribution < 1.29 is 9.90 Å². The van der Waals surface area contributed by atoms with Gasteiger partial charge in [-0.25, -0.2) is 4.98 Å². The van der Waals surface area contributed by atoms with Crippen LogP contribution < -0.4 is 16.6 Å². The molecule has 0 radical (unpaired) electrons. The second kappa shape index (κ2) is 8.57. The zero-order chi connectivity index (χ0) is 18.6. The number of rotatable bonds is 6. The number of amides is 1. The highest BCUT2D eigenvalue weighted by Crippen LogP contribution is 2.25. The van der Waals surface area contributed by atoms with Crippen LogP contribution in [0.4, 0.5) is 0 Å². The number of nitrogens with two attached hydrogens (primary N) is 1. The fourth-order valence-corrected chi connectivity index (χ4v) is 2.55. The van der Waals surface area contributed by atoms with E-state index in [1.807, 2.05) is 0 Å². The summed E-state index contributed by atoms with van der Waals surface area (Å²) in [5, 5.41) is 12.7. The summed E-state index contributed by atoms with van der Waals surface area (Å²) in [7, 11) is 0. The van der Waals surface area contributed by atoms with Crippen molar-refractivity contribution in [2.75, 3.05) is 6.54 Å². The highest BCUT2D eigenvalue weighted by Gasteiger charge is 2.17. The molecule has 1 aromatic carbocycles. The zero-order valence-electron chi connectivity index (χ0n) is 13.4. The summed E-state index contributed by atoms with van der Waals surface area (Å²) in [6.07, 6.45) is 3.96. The van der Waals surface area contributed by atoms with E-state index in [-0.39, 0.29) is 12.1 Å². The monoisotopic (exact) mass is 428 g/mol. The van der Waals surface area contributed by atoms with Gasteiger partial charge in [-0.1, -0.05) is 23.8 Å². The first-order valence-electron chi connectivity index (χ1n) is 7.52. The van der Waals surface area contributed by atoms with Crippen molar-refractivity contribution in [3.8, 4) is 0 Å². The molecule has 25 heavy (non-hydrogen) atoms. The Morgan fingerprint density at radius 2 is 2.24 bits per heavy atom. The maximum atomic E-state index is 12.4. The van der Waals surface area contributed by atoms with Crippen LogP contribution in [-0.2, 0) is 11.3 Å². The third-order valence-corrected chi connectivity index (χ3v) is 4.75. The summed E-state index contributed by atoms with van der Waals surface area (Å²) in [6, 6.07) is 2.30. The molecule has 2 atom stereocenters. The maximum Gasteiger partial charge on any atom is 0.261 e. The van der Waals surface area contributed by atoms with Gasteiger partial charge in [0.2, 0.25) is 5.91 Å². The highest BCUT2D eigenvalue weighted by atomic mass is 79.9. The van der Waals surface area contributed by atoms with Crippen molar-refractivity contribution in [1.29, 1.82) is 0 Å². The number of allylic oxidation sites excluding steroid dienone is 1. The molecule has 2 rings (SSSR count). The Balaban J connectivity index is 2.02. The van der Waals surface area contributed by atoms with Crippen LogP contribution in [0.15, 0.2) is 39.9 Å². The normalized spacial score (nSPS) is 14.0. The van der Waals surface area contributed by atoms with Crippen LogP contribution >= 0.6 is 27.5 Å². The number of carbonyl (C=O) groups excluding carboxylic acids is 1. The minimum Gasteiger partial charge on any atom is -0.391 e.